The standard InChI is InChI=1S/C5H10O2/c1-2-7-5-3-4-6/h3,5-6H,2,4H2,1H3. The van der Waals surface area contributed by atoms with Crippen LogP contribution in [0.25, 0.3) is 0 Å². The molecule has 2 heteroatoms. The molecule has 0 bridgehead atoms. The third-order valence-corrected chi connectivity index (χ3v) is 0.465. The third kappa shape index (κ3) is 5.50. The van der Waals surface area contributed by atoms with E-state index in [-0.39, 0.29) is 6.61 Å². The largest absolute Gasteiger partial charge is 0.502 e. The van der Waals surface area contributed by atoms with Crippen LogP contribution in [0.15, 0.2) is 12.3 Å². The van der Waals surface area contributed by atoms with Gasteiger partial charge in [0.15, 0.2) is 0 Å². The van der Waals surface area contributed by atoms with Gasteiger partial charge in [-0.3, -0.25) is 0 Å². The summed E-state index contributed by atoms with van der Waals surface area (Å²) in [5.74, 6) is 0. The Morgan fingerprint density at radius 2 is 2.43 bits per heavy atom. The molecule has 0 aromatic carbocycles. The van der Waals surface area contributed by atoms with Gasteiger partial charge in [-0.05, 0) is 13.0 Å². The van der Waals surface area contributed by atoms with E-state index >= 15 is 0 Å². The first-order valence-electron chi connectivity index (χ1n) is 2.29. The molecule has 0 aromatic heterocycles. The number of aliphatic hydroxyl groups excluding tert-OH is 1. The zero-order chi connectivity index (χ0) is 5.54. The van der Waals surface area contributed by atoms with Crippen LogP contribution in [-0.2, 0) is 4.74 Å². The number of aliphatic hydroxyl groups is 1. The summed E-state index contributed by atoms with van der Waals surface area (Å²) in [6, 6.07) is 0. The van der Waals surface area contributed by atoms with Crippen molar-refractivity contribution in [2.45, 2.75) is 6.92 Å². The third-order valence-electron chi connectivity index (χ3n) is 0.465. The Kier molecular flexibility index (Phi) is 5.11. The fraction of sp³-hybridized carbons (Fsp3) is 0.600. The summed E-state index contributed by atoms with van der Waals surface area (Å²) in [5, 5.41) is 8.13. The van der Waals surface area contributed by atoms with Gasteiger partial charge in [0.25, 0.3) is 0 Å². The second-order valence-corrected chi connectivity index (χ2v) is 1.01. The van der Waals surface area contributed by atoms with E-state index in [9.17, 15) is 0 Å². The van der Waals surface area contributed by atoms with Gasteiger partial charge in [-0.1, -0.05) is 0 Å². The van der Waals surface area contributed by atoms with E-state index in [1.54, 1.807) is 6.08 Å². The van der Waals surface area contributed by atoms with E-state index in [2.05, 4.69) is 0 Å². The second-order valence-electron chi connectivity index (χ2n) is 1.01. The van der Waals surface area contributed by atoms with Crippen LogP contribution in [0.1, 0.15) is 6.92 Å². The Hall–Kier alpha value is -0.500. The van der Waals surface area contributed by atoms with E-state index in [1.165, 1.54) is 6.26 Å². The van der Waals surface area contributed by atoms with Crippen LogP contribution in [0.5, 0.6) is 0 Å². The molecule has 0 rings (SSSR count). The summed E-state index contributed by atoms with van der Waals surface area (Å²) in [6.07, 6.45) is 3.03. The van der Waals surface area contributed by atoms with Crippen LogP contribution < -0.4 is 0 Å². The summed E-state index contributed by atoms with van der Waals surface area (Å²) >= 11 is 0. The van der Waals surface area contributed by atoms with Gasteiger partial charge in [0.2, 0.25) is 0 Å². The maximum Gasteiger partial charge on any atom is 0.0845 e. The number of hydrogen-bond acceptors (Lipinski definition) is 2. The van der Waals surface area contributed by atoms with Crippen LogP contribution in [0, 0.1) is 0 Å². The average molecular weight is 102 g/mol. The minimum atomic E-state index is 0.0556. The van der Waals surface area contributed by atoms with Gasteiger partial charge in [0.05, 0.1) is 19.5 Å². The fourth-order valence-electron chi connectivity index (χ4n) is 0.207. The first-order chi connectivity index (χ1) is 3.41. The highest BCUT2D eigenvalue weighted by Gasteiger charge is 1.65. The minimum absolute atomic E-state index is 0.0556. The molecule has 0 aliphatic carbocycles. The number of rotatable bonds is 3. The van der Waals surface area contributed by atoms with Crippen molar-refractivity contribution in [2.24, 2.45) is 0 Å². The molecular formula is C5H10O2. The Balaban J connectivity index is 2.78. The van der Waals surface area contributed by atoms with Gasteiger partial charge in [-0.2, -0.15) is 0 Å². The summed E-state index contributed by atoms with van der Waals surface area (Å²) < 4.78 is 4.73. The summed E-state index contributed by atoms with van der Waals surface area (Å²) in [5.41, 5.74) is 0. The molecule has 0 saturated carbocycles. The minimum Gasteiger partial charge on any atom is -0.502 e. The Morgan fingerprint density at radius 3 is 2.86 bits per heavy atom. The van der Waals surface area contributed by atoms with Crippen LogP contribution in [0.2, 0.25) is 0 Å². The first-order valence-corrected chi connectivity index (χ1v) is 2.29. The van der Waals surface area contributed by atoms with Gasteiger partial charge in [0, 0.05) is 0 Å². The van der Waals surface area contributed by atoms with Crippen molar-refractivity contribution in [3.8, 4) is 0 Å². The van der Waals surface area contributed by atoms with Gasteiger partial charge >= 0.3 is 0 Å². The molecule has 0 atom stereocenters. The monoisotopic (exact) mass is 102 g/mol. The Morgan fingerprint density at radius 1 is 1.71 bits per heavy atom. The van der Waals surface area contributed by atoms with Gasteiger partial charge < -0.3 is 9.84 Å². The molecule has 0 unspecified atom stereocenters. The number of ether oxygens (including phenoxy) is 1. The normalized spacial score (nSPS) is 10.0. The van der Waals surface area contributed by atoms with Crippen molar-refractivity contribution in [2.75, 3.05) is 13.2 Å². The van der Waals surface area contributed by atoms with E-state index < -0.39 is 0 Å². The summed E-state index contributed by atoms with van der Waals surface area (Å²) in [6.45, 7) is 2.61. The van der Waals surface area contributed by atoms with E-state index in [0.29, 0.717) is 6.61 Å². The van der Waals surface area contributed by atoms with E-state index in [0.717, 1.165) is 0 Å². The van der Waals surface area contributed by atoms with E-state index in [4.69, 9.17) is 9.84 Å². The molecule has 0 fully saturated rings. The molecule has 0 radical (unpaired) electrons. The predicted molar refractivity (Wildman–Crippen MR) is 27.9 cm³/mol. The smallest absolute Gasteiger partial charge is 0.0845 e. The topological polar surface area (TPSA) is 29.5 Å². The Labute approximate surface area is 43.4 Å². The lowest BCUT2D eigenvalue weighted by atomic mass is 10.7. The predicted octanol–water partition coefficient (Wildman–Crippen LogP) is 0.529. The lowest BCUT2D eigenvalue weighted by Crippen LogP contribution is -1.78. The van der Waals surface area contributed by atoms with Crippen LogP contribution in [0.4, 0.5) is 0 Å². The molecule has 0 spiro atoms. The van der Waals surface area contributed by atoms with Crippen molar-refractivity contribution in [3.05, 3.63) is 12.3 Å². The van der Waals surface area contributed by atoms with Crippen molar-refractivity contribution in [1.82, 2.24) is 0 Å². The second kappa shape index (κ2) is 5.50. The van der Waals surface area contributed by atoms with Gasteiger partial charge in [0.1, 0.15) is 0 Å². The maximum absolute atomic E-state index is 8.13. The zero-order valence-electron chi connectivity index (χ0n) is 4.42. The molecule has 1 N–H and O–H groups in total. The lowest BCUT2D eigenvalue weighted by molar-refractivity contribution is 0.262. The van der Waals surface area contributed by atoms with Crippen molar-refractivity contribution >= 4 is 0 Å². The number of hydrogen-bond donors (Lipinski definition) is 1. The molecule has 0 aliphatic rings. The molecule has 42 valence electrons. The van der Waals surface area contributed by atoms with Crippen molar-refractivity contribution < 1.29 is 9.84 Å². The highest BCUT2D eigenvalue weighted by Crippen LogP contribution is 1.72. The molecule has 2 nitrogen and oxygen atoms in total. The highest BCUT2D eigenvalue weighted by atomic mass is 16.5. The zero-order valence-corrected chi connectivity index (χ0v) is 4.42. The van der Waals surface area contributed by atoms with Gasteiger partial charge in [-0.25, -0.2) is 0 Å². The van der Waals surface area contributed by atoms with Crippen LogP contribution in [0.3, 0.4) is 0 Å². The summed E-state index contributed by atoms with van der Waals surface area (Å²) in [7, 11) is 0. The molecule has 0 amide bonds. The SMILES string of the molecule is CCOC=CCO. The molecule has 0 aromatic rings. The van der Waals surface area contributed by atoms with Crippen molar-refractivity contribution in [1.29, 1.82) is 0 Å². The highest BCUT2D eigenvalue weighted by molar-refractivity contribution is 4.70. The van der Waals surface area contributed by atoms with Gasteiger partial charge in [-0.15, -0.1) is 0 Å². The Bertz CT molecular complexity index is 50.0. The lowest BCUT2D eigenvalue weighted by Gasteiger charge is -1.88. The molecular weight excluding hydrogens is 92.1 g/mol. The summed E-state index contributed by atoms with van der Waals surface area (Å²) in [4.78, 5) is 0. The van der Waals surface area contributed by atoms with Crippen molar-refractivity contribution in [3.63, 3.8) is 0 Å². The maximum atomic E-state index is 8.13. The van der Waals surface area contributed by atoms with E-state index in [1.807, 2.05) is 6.92 Å². The molecule has 0 saturated heterocycles. The average Bonchev–Trinajstić information content (AvgIpc) is 1.69. The van der Waals surface area contributed by atoms with Crippen LogP contribution in [-0.4, -0.2) is 18.3 Å². The quantitative estimate of drug-likeness (QED) is 0.527. The molecule has 0 heterocycles. The fourth-order valence-corrected chi connectivity index (χ4v) is 0.207. The first kappa shape index (κ1) is 6.50. The van der Waals surface area contributed by atoms with Crippen LogP contribution >= 0.6 is 0 Å². The molecule has 7 heavy (non-hydrogen) atoms. The molecule has 0 aliphatic heterocycles.